The van der Waals surface area contributed by atoms with Crippen molar-refractivity contribution in [1.82, 2.24) is 0 Å². The van der Waals surface area contributed by atoms with Crippen LogP contribution in [-0.4, -0.2) is 43.8 Å². The molecular formula is C30H52O4. The first kappa shape index (κ1) is 26.6. The van der Waals surface area contributed by atoms with Gasteiger partial charge in [0.2, 0.25) is 0 Å². The molecule has 4 aliphatic rings. The van der Waals surface area contributed by atoms with Gasteiger partial charge in [-0.25, -0.2) is 0 Å². The molecule has 0 aromatic heterocycles. The topological polar surface area (TPSA) is 80.9 Å². The lowest BCUT2D eigenvalue weighted by Crippen LogP contribution is -2.64. The van der Waals surface area contributed by atoms with E-state index < -0.39 is 17.3 Å². The number of fused-ring (bicyclic) bond motifs is 5. The van der Waals surface area contributed by atoms with Crippen LogP contribution in [0.15, 0.2) is 12.2 Å². The van der Waals surface area contributed by atoms with E-state index in [-0.39, 0.29) is 39.6 Å². The summed E-state index contributed by atoms with van der Waals surface area (Å²) in [6.45, 7) is 17.4. The number of aliphatic hydroxyl groups excluding tert-OH is 2. The van der Waals surface area contributed by atoms with E-state index in [1.807, 2.05) is 13.0 Å². The van der Waals surface area contributed by atoms with E-state index in [0.29, 0.717) is 18.3 Å². The fraction of sp³-hybridized carbons (Fsp3) is 0.933. The van der Waals surface area contributed by atoms with Crippen molar-refractivity contribution in [2.45, 2.75) is 130 Å². The highest BCUT2D eigenvalue weighted by atomic mass is 16.3. The summed E-state index contributed by atoms with van der Waals surface area (Å²) in [6.07, 6.45) is 10.6. The summed E-state index contributed by atoms with van der Waals surface area (Å²) in [7, 11) is 0. The van der Waals surface area contributed by atoms with Gasteiger partial charge in [-0.05, 0) is 112 Å². The third-order valence-electron chi connectivity index (χ3n) is 12.2. The molecule has 4 fully saturated rings. The van der Waals surface area contributed by atoms with Crippen molar-refractivity contribution in [3.63, 3.8) is 0 Å². The molecule has 0 radical (unpaired) electrons. The van der Waals surface area contributed by atoms with Crippen molar-refractivity contribution in [3.05, 3.63) is 12.2 Å². The zero-order valence-electron chi connectivity index (χ0n) is 23.1. The first-order valence-electron chi connectivity index (χ1n) is 13.9. The van der Waals surface area contributed by atoms with Crippen molar-refractivity contribution in [2.75, 3.05) is 0 Å². The van der Waals surface area contributed by atoms with Gasteiger partial charge in [-0.15, -0.1) is 0 Å². The zero-order chi connectivity index (χ0) is 25.5. The molecule has 10 atom stereocenters. The molecule has 0 aromatic carbocycles. The van der Waals surface area contributed by atoms with Crippen LogP contribution in [0.25, 0.3) is 0 Å². The lowest BCUT2D eigenvalue weighted by atomic mass is 9.35. The Balaban J connectivity index is 1.65. The van der Waals surface area contributed by atoms with E-state index >= 15 is 0 Å². The Morgan fingerprint density at radius 1 is 0.824 bits per heavy atom. The maximum atomic E-state index is 11.6. The van der Waals surface area contributed by atoms with Crippen LogP contribution in [0.5, 0.6) is 0 Å². The summed E-state index contributed by atoms with van der Waals surface area (Å²) in [4.78, 5) is 0. The standard InChI is InChI=1S/C30H52O4/c1-25(2,33)14-9-15-30(8,34)24-19-10-11-22-27(5)16-13-23(32)26(3,4)21(27)12-17-28(22,6)29(19,7)18-20(24)31/h9,14,19-24,31-34H,10-13,15-18H2,1-8H3/t19-,20-,21?,22+,23-,24+,27-,28+,29-,30-/m0/s1. The van der Waals surface area contributed by atoms with Crippen LogP contribution < -0.4 is 0 Å². The molecule has 0 amide bonds. The molecule has 0 heterocycles. The number of hydrogen-bond acceptors (Lipinski definition) is 4. The van der Waals surface area contributed by atoms with E-state index in [1.165, 1.54) is 0 Å². The summed E-state index contributed by atoms with van der Waals surface area (Å²) in [5.74, 6) is 1.24. The molecule has 0 spiro atoms. The fourth-order valence-corrected chi connectivity index (χ4v) is 10.3. The predicted octanol–water partition coefficient (Wildman–Crippen LogP) is 5.47. The second-order valence-electron chi connectivity index (χ2n) is 15.0. The van der Waals surface area contributed by atoms with Gasteiger partial charge in [0.15, 0.2) is 0 Å². The normalized spacial score (nSPS) is 50.4. The number of hydrogen-bond donors (Lipinski definition) is 4. The molecule has 0 aromatic rings. The number of rotatable bonds is 4. The molecule has 34 heavy (non-hydrogen) atoms. The Hall–Kier alpha value is -0.420. The van der Waals surface area contributed by atoms with Crippen molar-refractivity contribution >= 4 is 0 Å². The second-order valence-corrected chi connectivity index (χ2v) is 15.0. The van der Waals surface area contributed by atoms with Crippen LogP contribution in [0.4, 0.5) is 0 Å². The molecule has 4 N–H and O–H groups in total. The van der Waals surface area contributed by atoms with Gasteiger partial charge in [0.05, 0.1) is 23.4 Å². The van der Waals surface area contributed by atoms with Gasteiger partial charge in [0.1, 0.15) is 0 Å². The molecule has 196 valence electrons. The molecule has 1 unspecified atom stereocenters. The average molecular weight is 477 g/mol. The third-order valence-corrected chi connectivity index (χ3v) is 12.2. The minimum absolute atomic E-state index is 0.0157. The molecule has 4 saturated carbocycles. The maximum Gasteiger partial charge on any atom is 0.0771 e. The van der Waals surface area contributed by atoms with Crippen molar-refractivity contribution in [3.8, 4) is 0 Å². The van der Waals surface area contributed by atoms with Crippen LogP contribution >= 0.6 is 0 Å². The van der Waals surface area contributed by atoms with Gasteiger partial charge in [0, 0.05) is 5.92 Å². The molecular weight excluding hydrogens is 424 g/mol. The summed E-state index contributed by atoms with van der Waals surface area (Å²) < 4.78 is 0. The monoisotopic (exact) mass is 476 g/mol. The van der Waals surface area contributed by atoms with E-state index in [4.69, 9.17) is 0 Å². The smallest absolute Gasteiger partial charge is 0.0771 e. The average Bonchev–Trinajstić information content (AvgIpc) is 2.96. The van der Waals surface area contributed by atoms with Crippen LogP contribution in [0, 0.1) is 45.3 Å². The first-order valence-corrected chi connectivity index (χ1v) is 13.9. The Labute approximate surface area is 208 Å². The van der Waals surface area contributed by atoms with Crippen LogP contribution in [0.2, 0.25) is 0 Å². The van der Waals surface area contributed by atoms with E-state index in [1.54, 1.807) is 19.9 Å². The van der Waals surface area contributed by atoms with E-state index in [0.717, 1.165) is 44.9 Å². The summed E-state index contributed by atoms with van der Waals surface area (Å²) in [5, 5.41) is 44.0. The van der Waals surface area contributed by atoms with Crippen LogP contribution in [0.3, 0.4) is 0 Å². The van der Waals surface area contributed by atoms with Crippen molar-refractivity contribution in [2.24, 2.45) is 45.3 Å². The lowest BCUT2D eigenvalue weighted by Gasteiger charge is -2.69. The van der Waals surface area contributed by atoms with Gasteiger partial charge in [0.25, 0.3) is 0 Å². The Morgan fingerprint density at radius 2 is 1.47 bits per heavy atom. The van der Waals surface area contributed by atoms with Crippen molar-refractivity contribution in [1.29, 1.82) is 0 Å². The molecule has 0 saturated heterocycles. The van der Waals surface area contributed by atoms with Gasteiger partial charge in [-0.1, -0.05) is 46.8 Å². The van der Waals surface area contributed by atoms with Gasteiger partial charge >= 0.3 is 0 Å². The SMILES string of the molecule is CC(C)(O)C=CC[C@](C)(O)[C@H]1[C@@H](O)C[C@@]2(C)[C@H]1CC[C@@H]1[C@@]3(C)CC[C@H](O)C(C)(C)C3CC[C@]12C. The molecule has 0 bridgehead atoms. The molecule has 4 aliphatic carbocycles. The largest absolute Gasteiger partial charge is 0.393 e. The van der Waals surface area contributed by atoms with E-state index in [2.05, 4.69) is 34.6 Å². The lowest BCUT2D eigenvalue weighted by molar-refractivity contribution is -0.224. The molecule has 4 rings (SSSR count). The molecule has 0 aliphatic heterocycles. The van der Waals surface area contributed by atoms with E-state index in [9.17, 15) is 20.4 Å². The van der Waals surface area contributed by atoms with Crippen molar-refractivity contribution < 1.29 is 20.4 Å². The summed E-state index contributed by atoms with van der Waals surface area (Å²) in [6, 6.07) is 0. The molecule has 4 heteroatoms. The number of aliphatic hydroxyl groups is 4. The minimum atomic E-state index is -1.01. The van der Waals surface area contributed by atoms with Gasteiger partial charge in [-0.3, -0.25) is 0 Å². The van der Waals surface area contributed by atoms with Gasteiger partial charge in [-0.2, -0.15) is 0 Å². The minimum Gasteiger partial charge on any atom is -0.393 e. The van der Waals surface area contributed by atoms with Gasteiger partial charge < -0.3 is 20.4 Å². The zero-order valence-corrected chi connectivity index (χ0v) is 23.1. The highest BCUT2D eigenvalue weighted by Crippen LogP contribution is 2.75. The summed E-state index contributed by atoms with van der Waals surface area (Å²) in [5.41, 5.74) is -1.65. The Kier molecular flexibility index (Phi) is 6.30. The van der Waals surface area contributed by atoms with Crippen LogP contribution in [0.1, 0.15) is 107 Å². The second kappa shape index (κ2) is 8.04. The molecule has 4 nitrogen and oxygen atoms in total. The third kappa shape index (κ3) is 3.76. The Morgan fingerprint density at radius 3 is 2.09 bits per heavy atom. The first-order chi connectivity index (χ1) is 15.4. The quantitative estimate of drug-likeness (QED) is 0.406. The highest BCUT2D eigenvalue weighted by molar-refractivity contribution is 5.20. The Bertz CT molecular complexity index is 809. The summed E-state index contributed by atoms with van der Waals surface area (Å²) >= 11 is 0. The fourth-order valence-electron chi connectivity index (χ4n) is 10.3. The maximum absolute atomic E-state index is 11.6. The predicted molar refractivity (Wildman–Crippen MR) is 137 cm³/mol. The van der Waals surface area contributed by atoms with Crippen LogP contribution in [-0.2, 0) is 0 Å². The highest BCUT2D eigenvalue weighted by Gasteiger charge is 2.70.